The molecule has 1 atom stereocenters. The molecule has 2 N–H and O–H groups in total. The second-order valence-electron chi connectivity index (χ2n) is 4.60. The highest BCUT2D eigenvalue weighted by Crippen LogP contribution is 2.04. The Hall–Kier alpha value is -2.27. The zero-order valence-corrected chi connectivity index (χ0v) is 11.3. The molecule has 0 aliphatic carbocycles. The first kappa shape index (κ1) is 14.1. The number of aryl methyl sites for hydroxylation is 1. The number of nitrogens with one attached hydrogen (secondary N) is 1. The van der Waals surface area contributed by atoms with Gasteiger partial charge in [0, 0.05) is 24.5 Å². The molecule has 0 fully saturated rings. The zero-order chi connectivity index (χ0) is 14.4. The molecular weight excluding hydrogens is 254 g/mol. The van der Waals surface area contributed by atoms with Crippen LogP contribution in [0.5, 0.6) is 0 Å². The summed E-state index contributed by atoms with van der Waals surface area (Å²) in [6.07, 6.45) is 3.86. The van der Waals surface area contributed by atoms with E-state index in [4.69, 9.17) is 0 Å². The largest absolute Gasteiger partial charge is 0.480 e. The Labute approximate surface area is 117 Å². The van der Waals surface area contributed by atoms with Gasteiger partial charge in [-0.3, -0.25) is 10.1 Å². The number of aliphatic carboxylic acids is 1. The number of benzene rings is 1. The van der Waals surface area contributed by atoms with E-state index in [2.05, 4.69) is 15.3 Å². The van der Waals surface area contributed by atoms with Crippen molar-refractivity contribution in [3.05, 3.63) is 59.7 Å². The van der Waals surface area contributed by atoms with Gasteiger partial charge in [0.2, 0.25) is 0 Å². The van der Waals surface area contributed by atoms with Gasteiger partial charge in [-0.2, -0.15) is 0 Å². The zero-order valence-electron chi connectivity index (χ0n) is 11.3. The fourth-order valence-corrected chi connectivity index (χ4v) is 1.85. The molecule has 0 spiro atoms. The quantitative estimate of drug-likeness (QED) is 0.834. The highest BCUT2D eigenvalue weighted by Gasteiger charge is 2.17. The summed E-state index contributed by atoms with van der Waals surface area (Å²) in [6.45, 7) is 2.25. The molecule has 1 aromatic carbocycles. The molecule has 2 aromatic rings. The predicted octanol–water partition coefficient (Wildman–Crippen LogP) is 1.57. The van der Waals surface area contributed by atoms with Crippen LogP contribution in [0.4, 0.5) is 0 Å². The molecule has 5 heteroatoms. The minimum absolute atomic E-state index is 0.435. The van der Waals surface area contributed by atoms with Gasteiger partial charge in [0.1, 0.15) is 11.9 Å². The maximum atomic E-state index is 11.3. The Morgan fingerprint density at radius 2 is 1.85 bits per heavy atom. The van der Waals surface area contributed by atoms with Gasteiger partial charge in [-0.15, -0.1) is 0 Å². The molecular formula is C15H17N3O2. The SMILES string of the molecule is Cc1ncc(CNC(Cc2ccccc2)C(=O)O)cn1. The van der Waals surface area contributed by atoms with E-state index in [0.717, 1.165) is 11.1 Å². The van der Waals surface area contributed by atoms with Gasteiger partial charge in [-0.05, 0) is 18.9 Å². The Bertz CT molecular complexity index is 555. The van der Waals surface area contributed by atoms with Gasteiger partial charge in [-0.25, -0.2) is 9.97 Å². The van der Waals surface area contributed by atoms with Crippen LogP contribution in [0.25, 0.3) is 0 Å². The van der Waals surface area contributed by atoms with E-state index in [1.54, 1.807) is 12.4 Å². The molecule has 0 aliphatic heterocycles. The number of nitrogens with zero attached hydrogens (tertiary/aromatic N) is 2. The van der Waals surface area contributed by atoms with Crippen LogP contribution >= 0.6 is 0 Å². The van der Waals surface area contributed by atoms with Crippen molar-refractivity contribution < 1.29 is 9.90 Å². The van der Waals surface area contributed by atoms with E-state index in [1.807, 2.05) is 37.3 Å². The number of carboxylic acid groups (broad SMARTS) is 1. The lowest BCUT2D eigenvalue weighted by molar-refractivity contribution is -0.139. The molecule has 0 bridgehead atoms. The number of hydrogen-bond donors (Lipinski definition) is 2. The average Bonchev–Trinajstić information content (AvgIpc) is 2.46. The van der Waals surface area contributed by atoms with E-state index in [1.165, 1.54) is 0 Å². The van der Waals surface area contributed by atoms with Crippen LogP contribution in [0.15, 0.2) is 42.7 Å². The number of hydrogen-bond acceptors (Lipinski definition) is 4. The molecule has 104 valence electrons. The second kappa shape index (κ2) is 6.77. The van der Waals surface area contributed by atoms with E-state index in [-0.39, 0.29) is 0 Å². The predicted molar refractivity (Wildman–Crippen MR) is 75.2 cm³/mol. The third-order valence-corrected chi connectivity index (χ3v) is 2.97. The molecule has 2 rings (SSSR count). The summed E-state index contributed by atoms with van der Waals surface area (Å²) in [7, 11) is 0. The average molecular weight is 271 g/mol. The summed E-state index contributed by atoms with van der Waals surface area (Å²) in [5.74, 6) is -0.158. The lowest BCUT2D eigenvalue weighted by Gasteiger charge is -2.14. The van der Waals surface area contributed by atoms with Crippen LogP contribution < -0.4 is 5.32 Å². The summed E-state index contributed by atoms with van der Waals surface area (Å²) >= 11 is 0. The van der Waals surface area contributed by atoms with E-state index >= 15 is 0 Å². The molecule has 0 amide bonds. The summed E-state index contributed by atoms with van der Waals surface area (Å²) < 4.78 is 0. The highest BCUT2D eigenvalue weighted by atomic mass is 16.4. The molecule has 0 saturated heterocycles. The van der Waals surface area contributed by atoms with E-state index < -0.39 is 12.0 Å². The summed E-state index contributed by atoms with van der Waals surface area (Å²) in [5, 5.41) is 12.3. The summed E-state index contributed by atoms with van der Waals surface area (Å²) in [4.78, 5) is 19.5. The van der Waals surface area contributed by atoms with Gasteiger partial charge in [0.05, 0.1) is 0 Å². The van der Waals surface area contributed by atoms with Crippen molar-refractivity contribution in [3.63, 3.8) is 0 Å². The van der Waals surface area contributed by atoms with Crippen LogP contribution in [0.1, 0.15) is 17.0 Å². The smallest absolute Gasteiger partial charge is 0.321 e. The van der Waals surface area contributed by atoms with Gasteiger partial charge < -0.3 is 5.11 Å². The first-order chi connectivity index (χ1) is 9.65. The van der Waals surface area contributed by atoms with Gasteiger partial charge in [0.15, 0.2) is 0 Å². The third-order valence-electron chi connectivity index (χ3n) is 2.97. The van der Waals surface area contributed by atoms with Crippen molar-refractivity contribution in [2.75, 3.05) is 0 Å². The monoisotopic (exact) mass is 271 g/mol. The standard InChI is InChI=1S/C15H17N3O2/c1-11-16-8-13(9-17-11)10-18-14(15(19)20)7-12-5-3-2-4-6-12/h2-6,8-9,14,18H,7,10H2,1H3,(H,19,20). The lowest BCUT2D eigenvalue weighted by Crippen LogP contribution is -2.38. The highest BCUT2D eigenvalue weighted by molar-refractivity contribution is 5.73. The van der Waals surface area contributed by atoms with Crippen molar-refractivity contribution in [1.82, 2.24) is 15.3 Å². The maximum Gasteiger partial charge on any atom is 0.321 e. The van der Waals surface area contributed by atoms with Crippen molar-refractivity contribution in [1.29, 1.82) is 0 Å². The molecule has 0 radical (unpaired) electrons. The first-order valence-electron chi connectivity index (χ1n) is 6.43. The molecule has 5 nitrogen and oxygen atoms in total. The molecule has 0 saturated carbocycles. The molecule has 1 heterocycles. The minimum atomic E-state index is -0.859. The van der Waals surface area contributed by atoms with Crippen molar-refractivity contribution >= 4 is 5.97 Å². The Morgan fingerprint density at radius 1 is 1.20 bits per heavy atom. The number of carboxylic acids is 1. The maximum absolute atomic E-state index is 11.3. The van der Waals surface area contributed by atoms with Gasteiger partial charge >= 0.3 is 5.97 Å². The Balaban J connectivity index is 1.96. The van der Waals surface area contributed by atoms with Crippen LogP contribution in [0.3, 0.4) is 0 Å². The molecule has 1 unspecified atom stereocenters. The minimum Gasteiger partial charge on any atom is -0.480 e. The fourth-order valence-electron chi connectivity index (χ4n) is 1.85. The number of rotatable bonds is 6. The van der Waals surface area contributed by atoms with Crippen LogP contribution in [-0.2, 0) is 17.8 Å². The van der Waals surface area contributed by atoms with Crippen LogP contribution in [0, 0.1) is 6.92 Å². The Morgan fingerprint density at radius 3 is 2.45 bits per heavy atom. The number of carbonyl (C=O) groups is 1. The summed E-state index contributed by atoms with van der Waals surface area (Å²) in [5.41, 5.74) is 1.86. The van der Waals surface area contributed by atoms with Crippen LogP contribution in [0.2, 0.25) is 0 Å². The molecule has 20 heavy (non-hydrogen) atoms. The lowest BCUT2D eigenvalue weighted by atomic mass is 10.1. The van der Waals surface area contributed by atoms with Crippen molar-refractivity contribution in [3.8, 4) is 0 Å². The molecule has 0 aliphatic rings. The summed E-state index contributed by atoms with van der Waals surface area (Å²) in [6, 6.07) is 8.94. The normalized spacial score (nSPS) is 12.1. The number of aromatic nitrogens is 2. The van der Waals surface area contributed by atoms with Gasteiger partial charge in [0.25, 0.3) is 0 Å². The third kappa shape index (κ3) is 4.13. The van der Waals surface area contributed by atoms with E-state index in [0.29, 0.717) is 18.8 Å². The van der Waals surface area contributed by atoms with Gasteiger partial charge in [-0.1, -0.05) is 30.3 Å². The second-order valence-corrected chi connectivity index (χ2v) is 4.60. The van der Waals surface area contributed by atoms with E-state index in [9.17, 15) is 9.90 Å². The topological polar surface area (TPSA) is 75.1 Å². The van der Waals surface area contributed by atoms with Crippen molar-refractivity contribution in [2.24, 2.45) is 0 Å². The Kier molecular flexibility index (Phi) is 4.79. The first-order valence-corrected chi connectivity index (χ1v) is 6.43. The van der Waals surface area contributed by atoms with Crippen LogP contribution in [-0.4, -0.2) is 27.1 Å². The fraction of sp³-hybridized carbons (Fsp3) is 0.267. The molecule has 1 aromatic heterocycles. The van der Waals surface area contributed by atoms with Crippen molar-refractivity contribution in [2.45, 2.75) is 25.9 Å².